The highest BCUT2D eigenvalue weighted by atomic mass is 16.5. The molecule has 1 aliphatic rings. The molecule has 6 nitrogen and oxygen atoms in total. The fraction of sp³-hybridized carbons (Fsp3) is 0.417. The lowest BCUT2D eigenvalue weighted by molar-refractivity contribution is 0.0600. The van der Waals surface area contributed by atoms with Gasteiger partial charge in [0.25, 0.3) is 0 Å². The molecule has 0 aliphatic carbocycles. The summed E-state index contributed by atoms with van der Waals surface area (Å²) in [5, 5.41) is 1.16. The predicted octanol–water partition coefficient (Wildman–Crippen LogP) is 3.65. The van der Waals surface area contributed by atoms with Crippen molar-refractivity contribution in [1.29, 1.82) is 0 Å². The minimum absolute atomic E-state index is 0.313. The van der Waals surface area contributed by atoms with Crippen LogP contribution in [0, 0.1) is 5.92 Å². The lowest BCUT2D eigenvalue weighted by Crippen LogP contribution is -2.47. The summed E-state index contributed by atoms with van der Waals surface area (Å²) in [4.78, 5) is 21.4. The number of esters is 1. The Morgan fingerprint density at radius 2 is 1.83 bits per heavy atom. The molecule has 0 unspecified atom stereocenters. The second-order valence-electron chi connectivity index (χ2n) is 8.42. The van der Waals surface area contributed by atoms with Gasteiger partial charge in [-0.1, -0.05) is 26.0 Å². The van der Waals surface area contributed by atoms with Gasteiger partial charge in [0, 0.05) is 50.9 Å². The van der Waals surface area contributed by atoms with Gasteiger partial charge in [-0.15, -0.1) is 0 Å². The molecule has 4 rings (SSSR count). The molecule has 6 heteroatoms. The maximum Gasteiger partial charge on any atom is 0.337 e. The number of hydrogen-bond acceptors (Lipinski definition) is 5. The van der Waals surface area contributed by atoms with Crippen LogP contribution in [0.1, 0.15) is 29.8 Å². The highest BCUT2D eigenvalue weighted by molar-refractivity contribution is 5.89. The van der Waals surface area contributed by atoms with Crippen molar-refractivity contribution in [1.82, 2.24) is 14.5 Å². The molecule has 2 aromatic heterocycles. The van der Waals surface area contributed by atoms with Gasteiger partial charge >= 0.3 is 5.97 Å². The lowest BCUT2D eigenvalue weighted by atomic mass is 10.1. The average Bonchev–Trinajstić information content (AvgIpc) is 3.16. The summed E-state index contributed by atoms with van der Waals surface area (Å²) in [5.74, 6) is 0.401. The largest absolute Gasteiger partial charge is 0.465 e. The molecule has 0 radical (unpaired) electrons. The van der Waals surface area contributed by atoms with Crippen molar-refractivity contribution >= 4 is 22.7 Å². The lowest BCUT2D eigenvalue weighted by Gasteiger charge is -2.36. The molecule has 1 fully saturated rings. The molecule has 0 atom stereocenters. The second-order valence-corrected chi connectivity index (χ2v) is 8.42. The minimum Gasteiger partial charge on any atom is -0.465 e. The molecule has 0 saturated carbocycles. The van der Waals surface area contributed by atoms with Gasteiger partial charge < -0.3 is 14.2 Å². The summed E-state index contributed by atoms with van der Waals surface area (Å²) in [6, 6.07) is 11.9. The van der Waals surface area contributed by atoms with E-state index in [2.05, 4.69) is 46.5 Å². The van der Waals surface area contributed by atoms with E-state index in [1.54, 1.807) is 12.1 Å². The number of ether oxygens (including phenoxy) is 1. The van der Waals surface area contributed by atoms with E-state index in [1.165, 1.54) is 19.3 Å². The molecular formula is C24H30N4O2. The molecule has 1 aliphatic heterocycles. The van der Waals surface area contributed by atoms with Gasteiger partial charge in [0.1, 0.15) is 5.65 Å². The van der Waals surface area contributed by atoms with Crippen LogP contribution in [-0.2, 0) is 11.3 Å². The zero-order valence-corrected chi connectivity index (χ0v) is 18.0. The molecule has 0 bridgehead atoms. The number of pyridine rings is 1. The van der Waals surface area contributed by atoms with Crippen LogP contribution >= 0.6 is 0 Å². The van der Waals surface area contributed by atoms with Gasteiger partial charge in [-0.2, -0.15) is 0 Å². The number of fused-ring (bicyclic) bond motifs is 1. The highest BCUT2D eigenvalue weighted by Gasteiger charge is 2.18. The monoisotopic (exact) mass is 406 g/mol. The molecule has 158 valence electrons. The molecule has 3 aromatic rings. The summed E-state index contributed by atoms with van der Waals surface area (Å²) in [5.41, 5.74) is 3.86. The Morgan fingerprint density at radius 3 is 2.50 bits per heavy atom. The van der Waals surface area contributed by atoms with Crippen molar-refractivity contribution in [2.75, 3.05) is 44.7 Å². The molecule has 1 aromatic carbocycles. The molecule has 0 spiro atoms. The minimum atomic E-state index is -0.313. The van der Waals surface area contributed by atoms with Crippen LogP contribution < -0.4 is 4.90 Å². The quantitative estimate of drug-likeness (QED) is 0.585. The molecule has 3 heterocycles. The number of carbonyl (C=O) groups excluding carboxylic acids is 1. The van der Waals surface area contributed by atoms with E-state index in [0.717, 1.165) is 42.8 Å². The van der Waals surface area contributed by atoms with E-state index >= 15 is 0 Å². The zero-order valence-electron chi connectivity index (χ0n) is 18.0. The van der Waals surface area contributed by atoms with Crippen molar-refractivity contribution in [3.63, 3.8) is 0 Å². The number of benzene rings is 1. The first-order valence-corrected chi connectivity index (χ1v) is 10.6. The maximum absolute atomic E-state index is 11.6. The van der Waals surface area contributed by atoms with Crippen molar-refractivity contribution in [2.24, 2.45) is 5.92 Å². The van der Waals surface area contributed by atoms with Crippen LogP contribution in [0.2, 0.25) is 0 Å². The number of methoxy groups -OCH3 is 1. The smallest absolute Gasteiger partial charge is 0.337 e. The maximum atomic E-state index is 11.6. The third-order valence-corrected chi connectivity index (χ3v) is 5.68. The van der Waals surface area contributed by atoms with Gasteiger partial charge in [0.05, 0.1) is 24.6 Å². The fourth-order valence-corrected chi connectivity index (χ4v) is 4.13. The Morgan fingerprint density at radius 1 is 1.10 bits per heavy atom. The highest BCUT2D eigenvalue weighted by Crippen LogP contribution is 2.23. The van der Waals surface area contributed by atoms with Crippen LogP contribution in [0.4, 0.5) is 5.69 Å². The predicted molar refractivity (Wildman–Crippen MR) is 120 cm³/mol. The van der Waals surface area contributed by atoms with Gasteiger partial charge in [-0.05, 0) is 35.7 Å². The number of piperazine rings is 1. The van der Waals surface area contributed by atoms with E-state index in [-0.39, 0.29) is 5.97 Å². The van der Waals surface area contributed by atoms with Gasteiger partial charge in [-0.3, -0.25) is 4.90 Å². The zero-order chi connectivity index (χ0) is 21.1. The van der Waals surface area contributed by atoms with E-state index in [0.29, 0.717) is 18.0 Å². The molecular weight excluding hydrogens is 376 g/mol. The Bertz CT molecular complexity index is 1000. The summed E-state index contributed by atoms with van der Waals surface area (Å²) in [7, 11) is 1.40. The van der Waals surface area contributed by atoms with Crippen molar-refractivity contribution < 1.29 is 9.53 Å². The van der Waals surface area contributed by atoms with Crippen LogP contribution in [0.15, 0.2) is 48.8 Å². The fourth-order valence-electron chi connectivity index (χ4n) is 4.13. The summed E-state index contributed by atoms with van der Waals surface area (Å²) in [6.07, 6.45) is 4.08. The Hall–Kier alpha value is -2.86. The van der Waals surface area contributed by atoms with Crippen LogP contribution in [0.3, 0.4) is 0 Å². The average molecular weight is 407 g/mol. The van der Waals surface area contributed by atoms with Crippen LogP contribution in [-0.4, -0.2) is 60.3 Å². The Balaban J connectivity index is 1.44. The van der Waals surface area contributed by atoms with E-state index in [1.807, 2.05) is 18.3 Å². The summed E-state index contributed by atoms with van der Waals surface area (Å²) >= 11 is 0. The molecule has 0 amide bonds. The first kappa shape index (κ1) is 20.4. The SMILES string of the molecule is COC(=O)c1ccc(Cn2ccc3cc(N4CCN(CC(C)C)CC4)cnc32)cc1. The number of anilines is 1. The van der Waals surface area contributed by atoms with Crippen LogP contribution in [0.25, 0.3) is 11.0 Å². The topological polar surface area (TPSA) is 50.6 Å². The third-order valence-electron chi connectivity index (χ3n) is 5.68. The first-order chi connectivity index (χ1) is 14.5. The van der Waals surface area contributed by atoms with E-state index in [4.69, 9.17) is 9.72 Å². The van der Waals surface area contributed by atoms with Gasteiger partial charge in [-0.25, -0.2) is 9.78 Å². The number of nitrogens with zero attached hydrogens (tertiary/aromatic N) is 4. The van der Waals surface area contributed by atoms with E-state index < -0.39 is 0 Å². The standard InChI is InChI=1S/C24H30N4O2/c1-18(2)16-26-10-12-27(13-11-26)22-14-21-8-9-28(23(21)25-15-22)17-19-4-6-20(7-5-19)24(29)30-3/h4-9,14-15,18H,10-13,16-17H2,1-3H3. The van der Waals surface area contributed by atoms with Gasteiger partial charge in [0.2, 0.25) is 0 Å². The number of rotatable bonds is 6. The Labute approximate surface area is 178 Å². The van der Waals surface area contributed by atoms with Crippen LogP contribution in [0.5, 0.6) is 0 Å². The van der Waals surface area contributed by atoms with Crippen molar-refractivity contribution in [3.8, 4) is 0 Å². The molecule has 30 heavy (non-hydrogen) atoms. The first-order valence-electron chi connectivity index (χ1n) is 10.6. The third kappa shape index (κ3) is 4.49. The Kier molecular flexibility index (Phi) is 6.04. The summed E-state index contributed by atoms with van der Waals surface area (Å²) in [6.45, 7) is 10.8. The molecule has 1 saturated heterocycles. The van der Waals surface area contributed by atoms with Gasteiger partial charge in [0.15, 0.2) is 0 Å². The van der Waals surface area contributed by atoms with E-state index in [9.17, 15) is 4.79 Å². The number of carbonyl (C=O) groups is 1. The molecule has 0 N–H and O–H groups in total. The second kappa shape index (κ2) is 8.88. The summed E-state index contributed by atoms with van der Waals surface area (Å²) < 4.78 is 6.91. The van der Waals surface area contributed by atoms with Crippen molar-refractivity contribution in [2.45, 2.75) is 20.4 Å². The number of aromatic nitrogens is 2. The van der Waals surface area contributed by atoms with Crippen molar-refractivity contribution in [3.05, 3.63) is 59.9 Å². The normalized spacial score (nSPS) is 15.1. The number of hydrogen-bond donors (Lipinski definition) is 0.